The first-order chi connectivity index (χ1) is 8.27. The number of rotatable bonds is 2. The molecule has 17 heavy (non-hydrogen) atoms. The summed E-state index contributed by atoms with van der Waals surface area (Å²) in [7, 11) is 0. The van der Waals surface area contributed by atoms with Crippen LogP contribution in [0.1, 0.15) is 18.9 Å². The van der Waals surface area contributed by atoms with Gasteiger partial charge in [-0.3, -0.25) is 4.79 Å². The summed E-state index contributed by atoms with van der Waals surface area (Å²) >= 11 is 0. The van der Waals surface area contributed by atoms with E-state index in [0.717, 1.165) is 16.6 Å². The Kier molecular flexibility index (Phi) is 3.41. The quantitative estimate of drug-likeness (QED) is 0.602. The van der Waals surface area contributed by atoms with E-state index in [-0.39, 0.29) is 5.91 Å². The normalized spacial score (nSPS) is 9.71. The van der Waals surface area contributed by atoms with Crippen LogP contribution in [0.5, 0.6) is 0 Å². The van der Waals surface area contributed by atoms with Crippen LogP contribution in [-0.4, -0.2) is 22.4 Å². The first-order valence-corrected chi connectivity index (χ1v) is 5.43. The third kappa shape index (κ3) is 2.85. The number of carbonyl (C=O) groups excluding carboxylic acids is 1. The fourth-order valence-corrected chi connectivity index (χ4v) is 1.53. The molecule has 0 saturated carbocycles. The maximum Gasteiger partial charge on any atom is 0.216 e. The number of hydrogen-bond acceptors (Lipinski definition) is 2. The summed E-state index contributed by atoms with van der Waals surface area (Å²) in [5.41, 5.74) is 1.80. The first-order valence-electron chi connectivity index (χ1n) is 5.43. The summed E-state index contributed by atoms with van der Waals surface area (Å²) in [5, 5.41) is 3.73. The Hall–Kier alpha value is -2.28. The van der Waals surface area contributed by atoms with Crippen molar-refractivity contribution in [2.45, 2.75) is 13.3 Å². The molecule has 0 spiro atoms. The molecule has 0 atom stereocenters. The van der Waals surface area contributed by atoms with E-state index < -0.39 is 0 Å². The fraction of sp³-hybridized carbons (Fsp3) is 0.231. The van der Waals surface area contributed by atoms with Crippen LogP contribution in [0.3, 0.4) is 0 Å². The van der Waals surface area contributed by atoms with Crippen LogP contribution >= 0.6 is 0 Å². The average molecular weight is 227 g/mol. The lowest BCUT2D eigenvalue weighted by Gasteiger charge is -1.95. The fourth-order valence-electron chi connectivity index (χ4n) is 1.53. The second kappa shape index (κ2) is 5.17. The summed E-state index contributed by atoms with van der Waals surface area (Å²) in [4.78, 5) is 17.9. The molecule has 0 aromatic carbocycles. The van der Waals surface area contributed by atoms with Gasteiger partial charge in [-0.25, -0.2) is 4.98 Å². The van der Waals surface area contributed by atoms with Gasteiger partial charge < -0.3 is 10.3 Å². The van der Waals surface area contributed by atoms with Crippen molar-refractivity contribution in [3.8, 4) is 11.8 Å². The Bertz CT molecular complexity index is 589. The second-order valence-corrected chi connectivity index (χ2v) is 3.63. The summed E-state index contributed by atoms with van der Waals surface area (Å²) in [6, 6.07) is 3.85. The lowest BCUT2D eigenvalue weighted by atomic mass is 10.2. The van der Waals surface area contributed by atoms with Crippen molar-refractivity contribution in [1.82, 2.24) is 15.3 Å². The first kappa shape index (κ1) is 11.2. The molecule has 2 aromatic rings. The van der Waals surface area contributed by atoms with Crippen molar-refractivity contribution in [2.75, 3.05) is 6.54 Å². The third-order valence-corrected chi connectivity index (χ3v) is 2.31. The van der Waals surface area contributed by atoms with Gasteiger partial charge in [0.05, 0.1) is 0 Å². The number of carbonyl (C=O) groups is 1. The van der Waals surface area contributed by atoms with Gasteiger partial charge in [-0.05, 0) is 12.1 Å². The van der Waals surface area contributed by atoms with E-state index in [2.05, 4.69) is 27.1 Å². The summed E-state index contributed by atoms with van der Waals surface area (Å²) < 4.78 is 0. The zero-order valence-corrected chi connectivity index (χ0v) is 9.58. The number of amides is 1. The highest BCUT2D eigenvalue weighted by Crippen LogP contribution is 2.13. The molecule has 4 heteroatoms. The molecule has 0 fully saturated rings. The van der Waals surface area contributed by atoms with Crippen LogP contribution in [-0.2, 0) is 4.79 Å². The Morgan fingerprint density at radius 2 is 2.41 bits per heavy atom. The van der Waals surface area contributed by atoms with Crippen LogP contribution < -0.4 is 5.32 Å². The highest BCUT2D eigenvalue weighted by atomic mass is 16.1. The predicted molar refractivity (Wildman–Crippen MR) is 66.3 cm³/mol. The zero-order chi connectivity index (χ0) is 12.1. The topological polar surface area (TPSA) is 57.8 Å². The van der Waals surface area contributed by atoms with Gasteiger partial charge in [0, 0.05) is 43.2 Å². The summed E-state index contributed by atoms with van der Waals surface area (Å²) in [5.74, 6) is 6.09. The standard InChI is InChI=1S/C13H13N3O/c1-10(17)14-7-3-2-4-11-5-8-15-13-12(11)6-9-16-13/h5-6,8-9H,3,7H2,1H3,(H,14,17)(H,15,16). The van der Waals surface area contributed by atoms with Crippen molar-refractivity contribution >= 4 is 16.9 Å². The second-order valence-electron chi connectivity index (χ2n) is 3.63. The average Bonchev–Trinajstić information content (AvgIpc) is 2.77. The van der Waals surface area contributed by atoms with Crippen LogP contribution in [0.4, 0.5) is 0 Å². The monoisotopic (exact) mass is 227 g/mol. The van der Waals surface area contributed by atoms with E-state index in [1.807, 2.05) is 18.3 Å². The number of pyridine rings is 1. The molecule has 2 heterocycles. The van der Waals surface area contributed by atoms with E-state index in [0.29, 0.717) is 13.0 Å². The minimum atomic E-state index is -0.0243. The molecule has 0 unspecified atom stereocenters. The molecule has 2 N–H and O–H groups in total. The minimum Gasteiger partial charge on any atom is -0.355 e. The maximum atomic E-state index is 10.6. The summed E-state index contributed by atoms with van der Waals surface area (Å²) in [6.45, 7) is 2.09. The molecule has 2 aromatic heterocycles. The van der Waals surface area contributed by atoms with E-state index in [1.54, 1.807) is 6.20 Å². The molecular weight excluding hydrogens is 214 g/mol. The highest BCUT2D eigenvalue weighted by molar-refractivity contribution is 5.82. The van der Waals surface area contributed by atoms with Gasteiger partial charge in [-0.15, -0.1) is 0 Å². The highest BCUT2D eigenvalue weighted by Gasteiger charge is 1.98. The maximum absolute atomic E-state index is 10.6. The number of hydrogen-bond donors (Lipinski definition) is 2. The van der Waals surface area contributed by atoms with Crippen molar-refractivity contribution in [3.63, 3.8) is 0 Å². The van der Waals surface area contributed by atoms with Crippen molar-refractivity contribution in [2.24, 2.45) is 0 Å². The Morgan fingerprint density at radius 3 is 3.24 bits per heavy atom. The van der Waals surface area contributed by atoms with Gasteiger partial charge in [0.2, 0.25) is 5.91 Å². The number of aromatic nitrogens is 2. The molecule has 0 aliphatic rings. The van der Waals surface area contributed by atoms with Crippen LogP contribution in [0.2, 0.25) is 0 Å². The van der Waals surface area contributed by atoms with Crippen molar-refractivity contribution in [1.29, 1.82) is 0 Å². The largest absolute Gasteiger partial charge is 0.355 e. The molecule has 4 nitrogen and oxygen atoms in total. The smallest absolute Gasteiger partial charge is 0.216 e. The number of H-pyrrole nitrogens is 1. The van der Waals surface area contributed by atoms with Gasteiger partial charge in [0.15, 0.2) is 0 Å². The number of nitrogens with zero attached hydrogens (tertiary/aromatic N) is 1. The van der Waals surface area contributed by atoms with Crippen LogP contribution in [0, 0.1) is 11.8 Å². The van der Waals surface area contributed by atoms with E-state index >= 15 is 0 Å². The molecule has 86 valence electrons. The molecule has 2 rings (SSSR count). The Morgan fingerprint density at radius 1 is 1.53 bits per heavy atom. The zero-order valence-electron chi connectivity index (χ0n) is 9.58. The molecule has 1 amide bonds. The van der Waals surface area contributed by atoms with Gasteiger partial charge in [-0.2, -0.15) is 0 Å². The molecule has 0 bridgehead atoms. The number of aromatic amines is 1. The predicted octanol–water partition coefficient (Wildman–Crippen LogP) is 1.44. The number of fused-ring (bicyclic) bond motifs is 1. The van der Waals surface area contributed by atoms with E-state index in [4.69, 9.17) is 0 Å². The van der Waals surface area contributed by atoms with Crippen molar-refractivity contribution in [3.05, 3.63) is 30.1 Å². The van der Waals surface area contributed by atoms with E-state index in [1.165, 1.54) is 6.92 Å². The van der Waals surface area contributed by atoms with Crippen LogP contribution in [0.15, 0.2) is 24.5 Å². The molecule has 0 aliphatic carbocycles. The SMILES string of the molecule is CC(=O)NCCC#Cc1ccnc2[nH]ccc12. The molecule has 0 radical (unpaired) electrons. The lowest BCUT2D eigenvalue weighted by molar-refractivity contribution is -0.118. The Labute approximate surface area is 99.4 Å². The minimum absolute atomic E-state index is 0.0243. The summed E-state index contributed by atoms with van der Waals surface area (Å²) in [6.07, 6.45) is 4.23. The van der Waals surface area contributed by atoms with Crippen LogP contribution in [0.25, 0.3) is 11.0 Å². The van der Waals surface area contributed by atoms with Gasteiger partial charge in [0.1, 0.15) is 5.65 Å². The van der Waals surface area contributed by atoms with Gasteiger partial charge >= 0.3 is 0 Å². The van der Waals surface area contributed by atoms with Gasteiger partial charge in [-0.1, -0.05) is 11.8 Å². The molecule has 0 saturated heterocycles. The van der Waals surface area contributed by atoms with Gasteiger partial charge in [0.25, 0.3) is 0 Å². The third-order valence-electron chi connectivity index (χ3n) is 2.31. The molecular formula is C13H13N3O. The number of nitrogens with one attached hydrogen (secondary N) is 2. The molecule has 0 aliphatic heterocycles. The lowest BCUT2D eigenvalue weighted by Crippen LogP contribution is -2.20. The van der Waals surface area contributed by atoms with Crippen molar-refractivity contribution < 1.29 is 4.79 Å². The van der Waals surface area contributed by atoms with E-state index in [9.17, 15) is 4.79 Å². The Balaban J connectivity index is 2.05.